The molecule has 1 aliphatic rings. The number of nitrogens with zero attached hydrogens (tertiary/aromatic N) is 1. The van der Waals surface area contributed by atoms with Gasteiger partial charge >= 0.3 is 0 Å². The van der Waals surface area contributed by atoms with Crippen LogP contribution in [-0.2, 0) is 4.79 Å². The van der Waals surface area contributed by atoms with Gasteiger partial charge in [0.1, 0.15) is 5.82 Å². The first-order chi connectivity index (χ1) is 8.99. The van der Waals surface area contributed by atoms with Gasteiger partial charge in [-0.1, -0.05) is 29.3 Å². The molecule has 0 aliphatic carbocycles. The number of ketones is 1. The minimum atomic E-state index is -0.609. The number of anilines is 1. The van der Waals surface area contributed by atoms with E-state index in [0.717, 1.165) is 17.8 Å². The van der Waals surface area contributed by atoms with Gasteiger partial charge in [0.15, 0.2) is 0 Å². The summed E-state index contributed by atoms with van der Waals surface area (Å²) < 4.78 is 13.4. The number of rotatable bonds is 4. The summed E-state index contributed by atoms with van der Waals surface area (Å²) in [6, 6.07) is 2.50. The van der Waals surface area contributed by atoms with Gasteiger partial charge in [-0.3, -0.25) is 9.59 Å². The zero-order valence-electron chi connectivity index (χ0n) is 10.9. The number of halogens is 2. The lowest BCUT2D eigenvalue weighted by Gasteiger charge is -2.23. The second kappa shape index (κ2) is 5.41. The number of carbonyl (C=O) groups excluding carboxylic acids is 2. The lowest BCUT2D eigenvalue weighted by atomic mass is 10.1. The average Bonchev–Trinajstić information content (AvgIpc) is 2.61. The molecule has 0 saturated heterocycles. The predicted octanol–water partition coefficient (Wildman–Crippen LogP) is 3.08. The van der Waals surface area contributed by atoms with E-state index in [2.05, 4.69) is 15.9 Å². The van der Waals surface area contributed by atoms with Crippen LogP contribution in [0.5, 0.6) is 0 Å². The molecule has 0 N–H and O–H groups in total. The zero-order chi connectivity index (χ0) is 14.2. The molecule has 0 saturated carbocycles. The first-order valence-electron chi connectivity index (χ1n) is 6.21. The van der Waals surface area contributed by atoms with Crippen molar-refractivity contribution >= 4 is 33.3 Å². The summed E-state index contributed by atoms with van der Waals surface area (Å²) in [6.07, 6.45) is 0.902. The molecule has 1 amide bonds. The maximum Gasteiger partial charge on any atom is 0.299 e. The third kappa shape index (κ3) is 2.43. The minimum absolute atomic E-state index is 0.187. The normalized spacial score (nSPS) is 15.9. The van der Waals surface area contributed by atoms with E-state index in [1.807, 2.05) is 6.92 Å². The molecule has 3 nitrogen and oxygen atoms in total. The lowest BCUT2D eigenvalue weighted by Crippen LogP contribution is -2.35. The summed E-state index contributed by atoms with van der Waals surface area (Å²) in [6.45, 7) is 4.23. The number of Topliss-reactive ketones (excluding diaryl/α,β-unsaturated/α-hetero) is 1. The van der Waals surface area contributed by atoms with Gasteiger partial charge in [0.05, 0.1) is 11.3 Å². The van der Waals surface area contributed by atoms with Crippen molar-refractivity contribution in [2.45, 2.75) is 20.3 Å². The van der Waals surface area contributed by atoms with Crippen LogP contribution in [0.3, 0.4) is 0 Å². The molecular weight excluding hydrogens is 313 g/mol. The number of benzene rings is 1. The highest BCUT2D eigenvalue weighted by molar-refractivity contribution is 9.09. The molecule has 0 bridgehead atoms. The third-order valence-corrected chi connectivity index (χ3v) is 4.37. The number of hydrogen-bond acceptors (Lipinski definition) is 2. The summed E-state index contributed by atoms with van der Waals surface area (Å²) >= 11 is 3.41. The van der Waals surface area contributed by atoms with Gasteiger partial charge in [0.2, 0.25) is 0 Å². The Balaban J connectivity index is 2.44. The molecule has 2 rings (SSSR count). The number of hydrogen-bond donors (Lipinski definition) is 0. The molecule has 1 aromatic rings. The largest absolute Gasteiger partial charge is 0.304 e. The predicted molar refractivity (Wildman–Crippen MR) is 75.4 cm³/mol. The Morgan fingerprint density at radius 2 is 2.05 bits per heavy atom. The Morgan fingerprint density at radius 3 is 2.63 bits per heavy atom. The molecule has 0 aromatic heterocycles. The van der Waals surface area contributed by atoms with E-state index >= 15 is 0 Å². The monoisotopic (exact) mass is 327 g/mol. The molecule has 1 heterocycles. The van der Waals surface area contributed by atoms with Gasteiger partial charge in [-0.15, -0.1) is 0 Å². The van der Waals surface area contributed by atoms with Crippen LogP contribution in [0, 0.1) is 18.7 Å². The molecule has 1 unspecified atom stereocenters. The second-order valence-electron chi connectivity index (χ2n) is 4.79. The Hall–Kier alpha value is -1.23. The second-order valence-corrected chi connectivity index (χ2v) is 5.44. The van der Waals surface area contributed by atoms with Crippen molar-refractivity contribution in [2.75, 3.05) is 16.8 Å². The van der Waals surface area contributed by atoms with Crippen molar-refractivity contribution in [1.82, 2.24) is 0 Å². The van der Waals surface area contributed by atoms with Crippen molar-refractivity contribution in [2.24, 2.45) is 5.92 Å². The first kappa shape index (κ1) is 14.2. The van der Waals surface area contributed by atoms with Crippen LogP contribution in [0.4, 0.5) is 10.1 Å². The molecule has 102 valence electrons. The van der Waals surface area contributed by atoms with Gasteiger partial charge in [0.25, 0.3) is 11.7 Å². The average molecular weight is 328 g/mol. The van der Waals surface area contributed by atoms with E-state index in [9.17, 15) is 14.0 Å². The Kier molecular flexibility index (Phi) is 4.04. The van der Waals surface area contributed by atoms with E-state index in [1.54, 1.807) is 6.92 Å². The maximum absolute atomic E-state index is 13.4. The van der Waals surface area contributed by atoms with Crippen LogP contribution in [0.15, 0.2) is 12.1 Å². The lowest BCUT2D eigenvalue weighted by molar-refractivity contribution is -0.114. The third-order valence-electron chi connectivity index (χ3n) is 3.46. The van der Waals surface area contributed by atoms with Crippen molar-refractivity contribution < 1.29 is 14.0 Å². The molecule has 19 heavy (non-hydrogen) atoms. The Bertz CT molecular complexity index is 540. The molecule has 1 aliphatic heterocycles. The van der Waals surface area contributed by atoms with Gasteiger partial charge in [-0.2, -0.15) is 0 Å². The quantitative estimate of drug-likeness (QED) is 0.629. The van der Waals surface area contributed by atoms with Crippen LogP contribution in [0.2, 0.25) is 0 Å². The van der Waals surface area contributed by atoms with Crippen LogP contribution < -0.4 is 4.90 Å². The molecule has 1 aromatic carbocycles. The molecule has 0 spiro atoms. The number of amides is 1. The number of aryl methyl sites for hydroxylation is 1. The number of fused-ring (bicyclic) bond motifs is 1. The maximum atomic E-state index is 13.4. The SMILES string of the molecule is CCC(CBr)CN1C(=O)C(=O)c2cc(F)cc(C)c21. The van der Waals surface area contributed by atoms with Gasteiger partial charge in [-0.05, 0) is 30.5 Å². The fourth-order valence-electron chi connectivity index (χ4n) is 2.33. The topological polar surface area (TPSA) is 37.4 Å². The number of carbonyl (C=O) groups is 2. The molecule has 0 radical (unpaired) electrons. The smallest absolute Gasteiger partial charge is 0.299 e. The molecule has 0 fully saturated rings. The van der Waals surface area contributed by atoms with Crippen LogP contribution in [-0.4, -0.2) is 23.6 Å². The van der Waals surface area contributed by atoms with Crippen molar-refractivity contribution in [1.29, 1.82) is 0 Å². The molecule has 1 atom stereocenters. The minimum Gasteiger partial charge on any atom is -0.304 e. The van der Waals surface area contributed by atoms with E-state index in [-0.39, 0.29) is 11.5 Å². The summed E-state index contributed by atoms with van der Waals surface area (Å²) in [4.78, 5) is 25.4. The summed E-state index contributed by atoms with van der Waals surface area (Å²) in [5, 5.41) is 0.761. The van der Waals surface area contributed by atoms with Gasteiger partial charge < -0.3 is 4.90 Å². The van der Waals surface area contributed by atoms with Crippen molar-refractivity contribution in [3.05, 3.63) is 29.1 Å². The van der Waals surface area contributed by atoms with E-state index in [4.69, 9.17) is 0 Å². The van der Waals surface area contributed by atoms with E-state index in [1.165, 1.54) is 11.0 Å². The fourth-order valence-corrected chi connectivity index (χ4v) is 2.99. The van der Waals surface area contributed by atoms with Crippen molar-refractivity contribution in [3.8, 4) is 0 Å². The highest BCUT2D eigenvalue weighted by Crippen LogP contribution is 2.34. The van der Waals surface area contributed by atoms with Crippen molar-refractivity contribution in [3.63, 3.8) is 0 Å². The van der Waals surface area contributed by atoms with Crippen LogP contribution in [0.1, 0.15) is 29.3 Å². The number of alkyl halides is 1. The summed E-state index contributed by atoms with van der Waals surface area (Å²) in [7, 11) is 0. The van der Waals surface area contributed by atoms with Crippen LogP contribution >= 0.6 is 15.9 Å². The Labute approximate surface area is 119 Å². The summed E-state index contributed by atoms with van der Waals surface area (Å²) in [5.74, 6) is -1.37. The van der Waals surface area contributed by atoms with Crippen LogP contribution in [0.25, 0.3) is 0 Å². The summed E-state index contributed by atoms with van der Waals surface area (Å²) in [5.41, 5.74) is 1.38. The molecule has 5 heteroatoms. The van der Waals surface area contributed by atoms with Gasteiger partial charge in [-0.25, -0.2) is 4.39 Å². The highest BCUT2D eigenvalue weighted by Gasteiger charge is 2.38. The first-order valence-corrected chi connectivity index (χ1v) is 7.34. The van der Waals surface area contributed by atoms with Gasteiger partial charge in [0, 0.05) is 11.9 Å². The fraction of sp³-hybridized carbons (Fsp3) is 0.429. The van der Waals surface area contributed by atoms with E-state index in [0.29, 0.717) is 17.8 Å². The Morgan fingerprint density at radius 1 is 1.37 bits per heavy atom. The molecular formula is C14H15BrFNO2. The highest BCUT2D eigenvalue weighted by atomic mass is 79.9. The zero-order valence-corrected chi connectivity index (χ0v) is 12.5. The van der Waals surface area contributed by atoms with E-state index < -0.39 is 17.5 Å². The standard InChI is InChI=1S/C14H15BrFNO2/c1-3-9(6-15)7-17-12-8(2)4-10(16)5-11(12)13(18)14(17)19/h4-5,9H,3,6-7H2,1-2H3.